The molecule has 1 aliphatic rings. The minimum atomic E-state index is -0.491. The summed E-state index contributed by atoms with van der Waals surface area (Å²) in [5.74, 6) is 1.35. The number of amides is 1. The molecule has 0 saturated heterocycles. The van der Waals surface area contributed by atoms with Gasteiger partial charge in [-0.2, -0.15) is 0 Å². The van der Waals surface area contributed by atoms with Gasteiger partial charge < -0.3 is 20.1 Å². The maximum Gasteiger partial charge on any atom is 0.407 e. The van der Waals surface area contributed by atoms with Crippen molar-refractivity contribution in [3.63, 3.8) is 0 Å². The summed E-state index contributed by atoms with van der Waals surface area (Å²) in [5, 5.41) is 11.3. The van der Waals surface area contributed by atoms with E-state index in [9.17, 15) is 4.79 Å². The molecule has 36 heavy (non-hydrogen) atoms. The molecule has 0 aromatic carbocycles. The monoisotopic (exact) mass is 495 g/mol. The number of fused-ring (bicyclic) bond motifs is 1. The lowest BCUT2D eigenvalue weighted by molar-refractivity contribution is 0.0492. The highest BCUT2D eigenvalue weighted by Crippen LogP contribution is 2.24. The number of carbonyl (C=O) groups excluding carboxylic acids is 1. The number of carbonyl (C=O) groups is 1. The van der Waals surface area contributed by atoms with E-state index in [-0.39, 0.29) is 18.2 Å². The lowest BCUT2D eigenvalue weighted by Crippen LogP contribution is -2.42. The van der Waals surface area contributed by atoms with Crippen LogP contribution in [-0.4, -0.2) is 55.0 Å². The fraction of sp³-hybridized carbons (Fsp3) is 0.577. The standard InChI is InChI=1S/C26H37N7O3/c1-17(2)12-13-35-24-28-14-18(15-29-24)21-16-27-23-11-10-22(32-33(21)23)30-19-6-8-20(9-7-19)31-25(34)36-26(3,4)5/h10-11,14-17,19-20H,6-9,12-13H2,1-5H3,(H,30,32)(H,31,34)/t19-,20-. The van der Waals surface area contributed by atoms with Crippen LogP contribution in [0.2, 0.25) is 0 Å². The Labute approximate surface area is 212 Å². The molecule has 10 heteroatoms. The van der Waals surface area contributed by atoms with E-state index in [1.807, 2.05) is 32.9 Å². The SMILES string of the molecule is CC(C)CCOc1ncc(-c2cnc3ccc(N[C@H]4CC[C@H](NC(=O)OC(C)(C)C)CC4)nn23)cn1. The van der Waals surface area contributed by atoms with Crippen LogP contribution < -0.4 is 15.4 Å². The summed E-state index contributed by atoms with van der Waals surface area (Å²) in [6.07, 6.45) is 9.50. The van der Waals surface area contributed by atoms with Crippen molar-refractivity contribution in [1.29, 1.82) is 0 Å². The normalized spacial score (nSPS) is 18.3. The van der Waals surface area contributed by atoms with Gasteiger partial charge in [0.15, 0.2) is 5.65 Å². The van der Waals surface area contributed by atoms with Crippen LogP contribution in [0.4, 0.5) is 10.6 Å². The summed E-state index contributed by atoms with van der Waals surface area (Å²) in [6, 6.07) is 4.67. The first-order valence-electron chi connectivity index (χ1n) is 12.7. The zero-order chi connectivity index (χ0) is 25.7. The minimum absolute atomic E-state index is 0.130. The predicted octanol–water partition coefficient (Wildman–Crippen LogP) is 4.86. The number of nitrogens with one attached hydrogen (secondary N) is 2. The van der Waals surface area contributed by atoms with Crippen molar-refractivity contribution < 1.29 is 14.3 Å². The van der Waals surface area contributed by atoms with Crippen LogP contribution in [0.5, 0.6) is 6.01 Å². The first-order chi connectivity index (χ1) is 17.2. The summed E-state index contributed by atoms with van der Waals surface area (Å²) >= 11 is 0. The summed E-state index contributed by atoms with van der Waals surface area (Å²) in [4.78, 5) is 25.2. The van der Waals surface area contributed by atoms with Crippen LogP contribution in [0.25, 0.3) is 16.9 Å². The van der Waals surface area contributed by atoms with Crippen LogP contribution in [0, 0.1) is 5.92 Å². The van der Waals surface area contributed by atoms with E-state index in [2.05, 4.69) is 39.4 Å². The van der Waals surface area contributed by atoms with E-state index in [1.54, 1.807) is 23.1 Å². The summed E-state index contributed by atoms with van der Waals surface area (Å²) in [6.45, 7) is 10.5. The van der Waals surface area contributed by atoms with E-state index < -0.39 is 5.60 Å². The number of ether oxygens (including phenoxy) is 2. The van der Waals surface area contributed by atoms with Gasteiger partial charge >= 0.3 is 12.1 Å². The van der Waals surface area contributed by atoms with Crippen molar-refractivity contribution in [2.75, 3.05) is 11.9 Å². The summed E-state index contributed by atoms with van der Waals surface area (Å²) < 4.78 is 12.8. The fourth-order valence-electron chi connectivity index (χ4n) is 4.12. The number of rotatable bonds is 8. The Kier molecular flexibility index (Phi) is 7.91. The van der Waals surface area contributed by atoms with Crippen molar-refractivity contribution >= 4 is 17.6 Å². The summed E-state index contributed by atoms with van der Waals surface area (Å²) in [5.41, 5.74) is 1.89. The van der Waals surface area contributed by atoms with Crippen molar-refractivity contribution in [2.45, 2.75) is 84.4 Å². The van der Waals surface area contributed by atoms with Gasteiger partial charge in [0, 0.05) is 30.0 Å². The molecule has 1 amide bonds. The van der Waals surface area contributed by atoms with Gasteiger partial charge in [-0.15, -0.1) is 5.10 Å². The number of hydrogen-bond donors (Lipinski definition) is 2. The smallest absolute Gasteiger partial charge is 0.407 e. The molecule has 3 heterocycles. The van der Waals surface area contributed by atoms with E-state index in [0.29, 0.717) is 18.5 Å². The zero-order valence-corrected chi connectivity index (χ0v) is 21.8. The highest BCUT2D eigenvalue weighted by atomic mass is 16.6. The van der Waals surface area contributed by atoms with Crippen LogP contribution in [0.3, 0.4) is 0 Å². The Hall–Kier alpha value is -3.43. The Bertz CT molecular complexity index is 1150. The second kappa shape index (κ2) is 11.1. The molecule has 3 aromatic heterocycles. The molecule has 2 N–H and O–H groups in total. The van der Waals surface area contributed by atoms with Gasteiger partial charge in [-0.3, -0.25) is 0 Å². The van der Waals surface area contributed by atoms with Gasteiger partial charge in [-0.25, -0.2) is 24.3 Å². The van der Waals surface area contributed by atoms with Crippen molar-refractivity contribution in [3.8, 4) is 17.3 Å². The molecular weight excluding hydrogens is 458 g/mol. The first kappa shape index (κ1) is 25.7. The van der Waals surface area contributed by atoms with Crippen LogP contribution in [0.1, 0.15) is 66.7 Å². The van der Waals surface area contributed by atoms with Crippen LogP contribution >= 0.6 is 0 Å². The highest BCUT2D eigenvalue weighted by molar-refractivity contribution is 5.68. The molecule has 194 valence electrons. The maximum absolute atomic E-state index is 12.1. The molecule has 0 aliphatic heterocycles. The quantitative estimate of drug-likeness (QED) is 0.455. The maximum atomic E-state index is 12.1. The van der Waals surface area contributed by atoms with Crippen molar-refractivity contribution in [1.82, 2.24) is 29.9 Å². The van der Waals surface area contributed by atoms with Crippen molar-refractivity contribution in [2.24, 2.45) is 5.92 Å². The van der Waals surface area contributed by atoms with Gasteiger partial charge in [0.2, 0.25) is 0 Å². The molecule has 3 aromatic rings. The first-order valence-corrected chi connectivity index (χ1v) is 12.7. The topological polar surface area (TPSA) is 116 Å². The van der Waals surface area contributed by atoms with E-state index >= 15 is 0 Å². The van der Waals surface area contributed by atoms with Crippen LogP contribution in [-0.2, 0) is 4.74 Å². The van der Waals surface area contributed by atoms with Gasteiger partial charge in [0.1, 0.15) is 11.4 Å². The summed E-state index contributed by atoms with van der Waals surface area (Å²) in [7, 11) is 0. The number of anilines is 1. The molecule has 0 atom stereocenters. The molecule has 1 aliphatic carbocycles. The van der Waals surface area contributed by atoms with Gasteiger partial charge in [0.05, 0.1) is 18.5 Å². The lowest BCUT2D eigenvalue weighted by Gasteiger charge is -2.30. The third-order valence-corrected chi connectivity index (χ3v) is 6.01. The Morgan fingerprint density at radius 3 is 2.42 bits per heavy atom. The Morgan fingerprint density at radius 1 is 1.06 bits per heavy atom. The molecule has 0 spiro atoms. The van der Waals surface area contributed by atoms with Crippen LogP contribution in [0.15, 0.2) is 30.7 Å². The number of hydrogen-bond acceptors (Lipinski definition) is 8. The van der Waals surface area contributed by atoms with Gasteiger partial charge in [-0.05, 0) is 70.9 Å². The van der Waals surface area contributed by atoms with E-state index in [1.165, 1.54) is 0 Å². The van der Waals surface area contributed by atoms with E-state index in [4.69, 9.17) is 14.6 Å². The Morgan fingerprint density at radius 2 is 1.75 bits per heavy atom. The second-order valence-corrected chi connectivity index (χ2v) is 10.8. The average Bonchev–Trinajstić information content (AvgIpc) is 3.23. The molecule has 4 rings (SSSR count). The Balaban J connectivity index is 1.35. The largest absolute Gasteiger partial charge is 0.463 e. The van der Waals surface area contributed by atoms with Crippen molar-refractivity contribution in [3.05, 3.63) is 30.7 Å². The minimum Gasteiger partial charge on any atom is -0.463 e. The lowest BCUT2D eigenvalue weighted by atomic mass is 9.91. The second-order valence-electron chi connectivity index (χ2n) is 10.8. The third-order valence-electron chi connectivity index (χ3n) is 6.01. The fourth-order valence-corrected chi connectivity index (χ4v) is 4.12. The molecule has 0 unspecified atom stereocenters. The molecule has 0 bridgehead atoms. The average molecular weight is 496 g/mol. The number of aromatic nitrogens is 5. The third kappa shape index (κ3) is 7.05. The van der Waals surface area contributed by atoms with Gasteiger partial charge in [-0.1, -0.05) is 13.8 Å². The molecule has 10 nitrogen and oxygen atoms in total. The highest BCUT2D eigenvalue weighted by Gasteiger charge is 2.25. The molecular formula is C26H37N7O3. The number of imidazole rings is 1. The number of alkyl carbamates (subject to hydrolysis) is 1. The predicted molar refractivity (Wildman–Crippen MR) is 138 cm³/mol. The molecule has 1 saturated carbocycles. The number of nitrogens with zero attached hydrogens (tertiary/aromatic N) is 5. The van der Waals surface area contributed by atoms with Gasteiger partial charge in [0.25, 0.3) is 0 Å². The van der Waals surface area contributed by atoms with E-state index in [0.717, 1.165) is 54.8 Å². The molecule has 0 radical (unpaired) electrons. The molecule has 1 fully saturated rings. The zero-order valence-electron chi connectivity index (χ0n) is 21.8.